The van der Waals surface area contributed by atoms with E-state index in [0.717, 1.165) is 0 Å². The van der Waals surface area contributed by atoms with Crippen LogP contribution in [0.2, 0.25) is 0 Å². The van der Waals surface area contributed by atoms with Crippen LogP contribution >= 0.6 is 0 Å². The van der Waals surface area contributed by atoms with Crippen LogP contribution in [0.3, 0.4) is 0 Å². The molecule has 1 aromatic rings. The van der Waals surface area contributed by atoms with E-state index in [1.54, 1.807) is 0 Å². The van der Waals surface area contributed by atoms with Crippen molar-refractivity contribution in [2.24, 2.45) is 0 Å². The Kier molecular flexibility index (Phi) is 2.76. The summed E-state index contributed by atoms with van der Waals surface area (Å²) >= 11 is 0. The van der Waals surface area contributed by atoms with Gasteiger partial charge in [0.25, 0.3) is 0 Å². The van der Waals surface area contributed by atoms with Crippen LogP contribution in [0.1, 0.15) is 24.2 Å². The minimum atomic E-state index is -0.340. The first kappa shape index (κ1) is 9.57. The van der Waals surface area contributed by atoms with Crippen molar-refractivity contribution in [3.63, 3.8) is 0 Å². The second kappa shape index (κ2) is 4.04. The van der Waals surface area contributed by atoms with E-state index in [-0.39, 0.29) is 18.8 Å². The minimum Gasteiger partial charge on any atom is -0.396 e. The first-order chi connectivity index (χ1) is 6.79. The summed E-state index contributed by atoms with van der Waals surface area (Å²) in [6.45, 7) is 0.572. The van der Waals surface area contributed by atoms with Crippen LogP contribution in [-0.2, 0) is 6.42 Å². The van der Waals surface area contributed by atoms with E-state index < -0.39 is 0 Å². The summed E-state index contributed by atoms with van der Waals surface area (Å²) in [7, 11) is 0. The number of hydrogen-bond acceptors (Lipinski definition) is 6. The maximum atomic E-state index is 9.28. The summed E-state index contributed by atoms with van der Waals surface area (Å²) in [4.78, 5) is 4.11. The number of rotatable bonds is 3. The van der Waals surface area contributed by atoms with Crippen molar-refractivity contribution in [3.8, 4) is 0 Å². The Morgan fingerprint density at radius 2 is 2.43 bits per heavy atom. The van der Waals surface area contributed by atoms with Crippen LogP contribution < -0.4 is 5.32 Å². The molecule has 1 aliphatic rings. The number of aromatic nitrogens is 2. The quantitative estimate of drug-likeness (QED) is 0.578. The van der Waals surface area contributed by atoms with Gasteiger partial charge in [0.1, 0.15) is 0 Å². The predicted octanol–water partition coefficient (Wildman–Crippen LogP) is -1.00. The molecule has 0 bridgehead atoms. The number of nitrogens with zero attached hydrogens (tertiary/aromatic N) is 2. The summed E-state index contributed by atoms with van der Waals surface area (Å²) in [5.41, 5.74) is 0. The topological polar surface area (TPSA) is 91.4 Å². The molecule has 1 aliphatic heterocycles. The highest BCUT2D eigenvalue weighted by molar-refractivity contribution is 4.97. The molecule has 2 atom stereocenters. The number of β-amino-alcohol motifs (C(OH)–C–C–N with tert-alkyl or cyclic N) is 1. The van der Waals surface area contributed by atoms with Gasteiger partial charge in [-0.25, -0.2) is 0 Å². The lowest BCUT2D eigenvalue weighted by atomic mass is 10.2. The lowest BCUT2D eigenvalue weighted by Crippen LogP contribution is -2.15. The zero-order chi connectivity index (χ0) is 9.97. The van der Waals surface area contributed by atoms with Gasteiger partial charge in [-0.2, -0.15) is 4.98 Å². The van der Waals surface area contributed by atoms with E-state index in [4.69, 9.17) is 9.63 Å². The fourth-order valence-electron chi connectivity index (χ4n) is 1.52. The number of hydrogen-bond donors (Lipinski definition) is 3. The van der Waals surface area contributed by atoms with Crippen LogP contribution in [0, 0.1) is 0 Å². The molecule has 0 radical (unpaired) electrons. The molecule has 2 heterocycles. The lowest BCUT2D eigenvalue weighted by molar-refractivity contribution is 0.191. The normalized spacial score (nSPS) is 27.0. The molecule has 1 saturated heterocycles. The molecule has 78 valence electrons. The van der Waals surface area contributed by atoms with E-state index in [2.05, 4.69) is 15.5 Å². The third kappa shape index (κ3) is 1.92. The zero-order valence-electron chi connectivity index (χ0n) is 7.68. The van der Waals surface area contributed by atoms with Gasteiger partial charge < -0.3 is 20.1 Å². The monoisotopic (exact) mass is 199 g/mol. The highest BCUT2D eigenvalue weighted by Crippen LogP contribution is 2.21. The van der Waals surface area contributed by atoms with Gasteiger partial charge in [-0.15, -0.1) is 0 Å². The van der Waals surface area contributed by atoms with Gasteiger partial charge in [-0.3, -0.25) is 0 Å². The van der Waals surface area contributed by atoms with Crippen LogP contribution in [0.15, 0.2) is 4.52 Å². The Bertz CT molecular complexity index is 302. The summed E-state index contributed by atoms with van der Waals surface area (Å²) in [6.07, 6.45) is 0.660. The molecule has 0 saturated carbocycles. The molecule has 0 amide bonds. The van der Waals surface area contributed by atoms with Crippen LogP contribution in [0.4, 0.5) is 0 Å². The van der Waals surface area contributed by atoms with Gasteiger partial charge in [-0.1, -0.05) is 5.16 Å². The molecular weight excluding hydrogens is 186 g/mol. The first-order valence-electron chi connectivity index (χ1n) is 4.64. The zero-order valence-corrected chi connectivity index (χ0v) is 7.68. The maximum absolute atomic E-state index is 9.28. The summed E-state index contributed by atoms with van der Waals surface area (Å²) < 4.78 is 5.00. The van der Waals surface area contributed by atoms with Gasteiger partial charge in [0.15, 0.2) is 5.82 Å². The number of aliphatic hydroxyl groups is 2. The number of nitrogens with one attached hydrogen (secondary N) is 1. The van der Waals surface area contributed by atoms with Crippen LogP contribution in [-0.4, -0.2) is 39.6 Å². The third-order valence-electron chi connectivity index (χ3n) is 2.22. The Balaban J connectivity index is 2.02. The Morgan fingerprint density at radius 3 is 3.07 bits per heavy atom. The van der Waals surface area contributed by atoms with E-state index in [1.807, 2.05) is 0 Å². The summed E-state index contributed by atoms with van der Waals surface area (Å²) in [5.74, 6) is 0.996. The Morgan fingerprint density at radius 1 is 1.57 bits per heavy atom. The van der Waals surface area contributed by atoms with E-state index in [0.29, 0.717) is 31.1 Å². The first-order valence-corrected chi connectivity index (χ1v) is 4.64. The van der Waals surface area contributed by atoms with E-state index >= 15 is 0 Å². The maximum Gasteiger partial charge on any atom is 0.243 e. The van der Waals surface area contributed by atoms with Gasteiger partial charge in [0, 0.05) is 13.0 Å². The summed E-state index contributed by atoms with van der Waals surface area (Å²) in [5, 5.41) is 24.7. The molecule has 2 unspecified atom stereocenters. The fourth-order valence-corrected chi connectivity index (χ4v) is 1.52. The van der Waals surface area contributed by atoms with Gasteiger partial charge in [-0.05, 0) is 6.42 Å². The van der Waals surface area contributed by atoms with Gasteiger partial charge in [0.05, 0.1) is 18.8 Å². The smallest absolute Gasteiger partial charge is 0.243 e. The highest BCUT2D eigenvalue weighted by Gasteiger charge is 2.27. The molecule has 0 spiro atoms. The molecule has 6 nitrogen and oxygen atoms in total. The molecule has 3 N–H and O–H groups in total. The van der Waals surface area contributed by atoms with Crippen molar-refractivity contribution < 1.29 is 14.7 Å². The Labute approximate surface area is 80.9 Å². The van der Waals surface area contributed by atoms with Crippen molar-refractivity contribution in [1.29, 1.82) is 0 Å². The number of aliphatic hydroxyl groups excluding tert-OH is 2. The molecule has 0 aliphatic carbocycles. The fraction of sp³-hybridized carbons (Fsp3) is 0.750. The molecule has 1 fully saturated rings. The SMILES string of the molecule is OCCc1noc(C2CC(O)CN2)n1. The Hall–Kier alpha value is -0.980. The van der Waals surface area contributed by atoms with Crippen molar-refractivity contribution in [1.82, 2.24) is 15.5 Å². The minimum absolute atomic E-state index is 0.0136. The van der Waals surface area contributed by atoms with Gasteiger partial charge in [0.2, 0.25) is 5.89 Å². The lowest BCUT2D eigenvalue weighted by Gasteiger charge is -2.01. The third-order valence-corrected chi connectivity index (χ3v) is 2.22. The predicted molar refractivity (Wildman–Crippen MR) is 46.5 cm³/mol. The largest absolute Gasteiger partial charge is 0.396 e. The molecular formula is C8H13N3O3. The van der Waals surface area contributed by atoms with Crippen molar-refractivity contribution in [3.05, 3.63) is 11.7 Å². The van der Waals surface area contributed by atoms with Crippen molar-refractivity contribution in [2.45, 2.75) is 25.0 Å². The summed E-state index contributed by atoms with van der Waals surface area (Å²) in [6, 6.07) is -0.0510. The van der Waals surface area contributed by atoms with Gasteiger partial charge >= 0.3 is 0 Å². The second-order valence-electron chi connectivity index (χ2n) is 3.37. The highest BCUT2D eigenvalue weighted by atomic mass is 16.5. The molecule has 0 aromatic carbocycles. The van der Waals surface area contributed by atoms with E-state index in [9.17, 15) is 5.11 Å². The van der Waals surface area contributed by atoms with Crippen LogP contribution in [0.25, 0.3) is 0 Å². The second-order valence-corrected chi connectivity index (χ2v) is 3.37. The van der Waals surface area contributed by atoms with Crippen molar-refractivity contribution >= 4 is 0 Å². The van der Waals surface area contributed by atoms with E-state index in [1.165, 1.54) is 0 Å². The molecule has 2 rings (SSSR count). The van der Waals surface area contributed by atoms with Crippen molar-refractivity contribution in [2.75, 3.05) is 13.2 Å². The molecule has 6 heteroatoms. The molecule has 14 heavy (non-hydrogen) atoms. The molecule has 1 aromatic heterocycles. The van der Waals surface area contributed by atoms with Crippen LogP contribution in [0.5, 0.6) is 0 Å². The standard InChI is InChI=1S/C8H13N3O3/c12-2-1-7-10-8(14-11-7)6-3-5(13)4-9-6/h5-6,9,12-13H,1-4H2. The average molecular weight is 199 g/mol. The average Bonchev–Trinajstić information content (AvgIpc) is 2.74.